The SMILES string of the molecule is CCc1cccc(CC)c1NC(=O)n1cc2[nH]nc(NC(=O)c3ccc(N4CCN(C)CC4)cc3)c2c1. The molecule has 1 fully saturated rings. The number of H-pyrrole nitrogens is 1. The second-order valence-electron chi connectivity index (χ2n) is 9.44. The lowest BCUT2D eigenvalue weighted by Crippen LogP contribution is -2.44. The molecular weight excluding hydrogens is 466 g/mol. The van der Waals surface area contributed by atoms with Gasteiger partial charge in [0.1, 0.15) is 0 Å². The van der Waals surface area contributed by atoms with Crippen molar-refractivity contribution in [3.05, 3.63) is 71.5 Å². The van der Waals surface area contributed by atoms with Gasteiger partial charge in [-0.15, -0.1) is 0 Å². The van der Waals surface area contributed by atoms with Gasteiger partial charge in [-0.1, -0.05) is 32.0 Å². The molecule has 37 heavy (non-hydrogen) atoms. The Hall–Kier alpha value is -4.11. The first-order valence-corrected chi connectivity index (χ1v) is 12.8. The van der Waals surface area contributed by atoms with Crippen molar-refractivity contribution >= 4 is 40.0 Å². The predicted molar refractivity (Wildman–Crippen MR) is 148 cm³/mol. The minimum atomic E-state index is -0.267. The summed E-state index contributed by atoms with van der Waals surface area (Å²) in [4.78, 5) is 30.7. The Bertz CT molecular complexity index is 1390. The summed E-state index contributed by atoms with van der Waals surface area (Å²) in [6, 6.07) is 13.5. The van der Waals surface area contributed by atoms with Crippen molar-refractivity contribution in [2.24, 2.45) is 0 Å². The van der Waals surface area contributed by atoms with E-state index in [2.05, 4.69) is 51.5 Å². The summed E-state index contributed by atoms with van der Waals surface area (Å²) < 4.78 is 1.48. The molecule has 4 aromatic rings. The molecule has 9 heteroatoms. The Balaban J connectivity index is 1.29. The Labute approximate surface area is 216 Å². The molecule has 0 atom stereocenters. The van der Waals surface area contributed by atoms with Crippen LogP contribution < -0.4 is 15.5 Å². The average molecular weight is 500 g/mol. The van der Waals surface area contributed by atoms with Crippen LogP contribution in [0.2, 0.25) is 0 Å². The van der Waals surface area contributed by atoms with Crippen LogP contribution in [-0.4, -0.2) is 64.8 Å². The Morgan fingerprint density at radius 1 is 0.919 bits per heavy atom. The van der Waals surface area contributed by atoms with Gasteiger partial charge in [0.2, 0.25) is 0 Å². The molecule has 0 radical (unpaired) electrons. The molecule has 1 aliphatic rings. The van der Waals surface area contributed by atoms with Gasteiger partial charge in [-0.25, -0.2) is 4.79 Å². The minimum Gasteiger partial charge on any atom is -0.369 e. The third kappa shape index (κ3) is 5.08. The summed E-state index contributed by atoms with van der Waals surface area (Å²) in [5, 5.41) is 13.8. The van der Waals surface area contributed by atoms with Crippen molar-refractivity contribution in [3.8, 4) is 0 Å². The van der Waals surface area contributed by atoms with Gasteiger partial charge in [-0.05, 0) is 55.3 Å². The van der Waals surface area contributed by atoms with Gasteiger partial charge in [0.25, 0.3) is 5.91 Å². The molecule has 0 spiro atoms. The Morgan fingerprint density at radius 3 is 2.24 bits per heavy atom. The first kappa shape index (κ1) is 24.6. The third-order valence-corrected chi connectivity index (χ3v) is 7.06. The molecule has 9 nitrogen and oxygen atoms in total. The molecule has 0 unspecified atom stereocenters. The van der Waals surface area contributed by atoms with Crippen LogP contribution in [0, 0.1) is 0 Å². The summed E-state index contributed by atoms with van der Waals surface area (Å²) in [7, 11) is 2.13. The molecule has 5 rings (SSSR count). The fourth-order valence-corrected chi connectivity index (χ4v) is 4.76. The summed E-state index contributed by atoms with van der Waals surface area (Å²) in [6.07, 6.45) is 5.01. The van der Waals surface area contributed by atoms with Crippen LogP contribution in [0.15, 0.2) is 54.9 Å². The van der Waals surface area contributed by atoms with Crippen molar-refractivity contribution in [3.63, 3.8) is 0 Å². The van der Waals surface area contributed by atoms with Gasteiger partial charge in [0, 0.05) is 55.5 Å². The summed E-state index contributed by atoms with van der Waals surface area (Å²) in [6.45, 7) is 8.15. The first-order valence-electron chi connectivity index (χ1n) is 12.8. The van der Waals surface area contributed by atoms with E-state index in [1.807, 2.05) is 42.5 Å². The zero-order valence-electron chi connectivity index (χ0n) is 21.5. The fourth-order valence-electron chi connectivity index (χ4n) is 4.76. The van der Waals surface area contributed by atoms with E-state index in [9.17, 15) is 9.59 Å². The molecule has 192 valence electrons. The molecule has 2 aromatic carbocycles. The number of amides is 2. The zero-order valence-corrected chi connectivity index (χ0v) is 21.5. The Kier molecular flexibility index (Phi) is 6.96. The molecule has 2 aromatic heterocycles. The van der Waals surface area contributed by atoms with E-state index in [0.29, 0.717) is 22.3 Å². The van der Waals surface area contributed by atoms with Crippen LogP contribution in [0.25, 0.3) is 10.9 Å². The Morgan fingerprint density at radius 2 is 1.59 bits per heavy atom. The number of aryl methyl sites for hydroxylation is 2. The maximum Gasteiger partial charge on any atom is 0.330 e. The van der Waals surface area contributed by atoms with Gasteiger partial charge in [0.15, 0.2) is 5.82 Å². The topological polar surface area (TPSA) is 98.3 Å². The lowest BCUT2D eigenvalue weighted by Gasteiger charge is -2.34. The van der Waals surface area contributed by atoms with E-state index in [1.165, 1.54) is 4.57 Å². The van der Waals surface area contributed by atoms with Gasteiger partial charge >= 0.3 is 6.03 Å². The first-order chi connectivity index (χ1) is 18.0. The van der Waals surface area contributed by atoms with Gasteiger partial charge in [0.05, 0.1) is 10.9 Å². The van der Waals surface area contributed by atoms with E-state index >= 15 is 0 Å². The lowest BCUT2D eigenvalue weighted by atomic mass is 10.0. The van der Waals surface area contributed by atoms with E-state index in [-0.39, 0.29) is 11.9 Å². The summed E-state index contributed by atoms with van der Waals surface area (Å²) in [5.41, 5.74) is 5.38. The van der Waals surface area contributed by atoms with Crippen molar-refractivity contribution < 1.29 is 9.59 Å². The largest absolute Gasteiger partial charge is 0.369 e. The number of aromatic amines is 1. The number of hydrogen-bond acceptors (Lipinski definition) is 5. The lowest BCUT2D eigenvalue weighted by molar-refractivity contribution is 0.102. The number of para-hydroxylation sites is 1. The van der Waals surface area contributed by atoms with Gasteiger partial charge in [-0.3, -0.25) is 14.5 Å². The number of carbonyl (C=O) groups excluding carboxylic acids is 2. The molecule has 0 aliphatic carbocycles. The second kappa shape index (κ2) is 10.5. The number of nitrogens with zero attached hydrogens (tertiary/aromatic N) is 4. The third-order valence-electron chi connectivity index (χ3n) is 7.06. The molecule has 1 aliphatic heterocycles. The highest BCUT2D eigenvalue weighted by Crippen LogP contribution is 2.25. The maximum absolute atomic E-state index is 13.1. The quantitative estimate of drug-likeness (QED) is 0.361. The molecule has 1 saturated heterocycles. The van der Waals surface area contributed by atoms with E-state index in [0.717, 1.165) is 61.5 Å². The number of anilines is 3. The fraction of sp³-hybridized carbons (Fsp3) is 0.321. The van der Waals surface area contributed by atoms with Gasteiger partial charge < -0.3 is 20.4 Å². The highest BCUT2D eigenvalue weighted by atomic mass is 16.2. The number of rotatable bonds is 6. The van der Waals surface area contributed by atoms with Crippen molar-refractivity contribution in [2.75, 3.05) is 48.8 Å². The van der Waals surface area contributed by atoms with Crippen molar-refractivity contribution in [2.45, 2.75) is 26.7 Å². The second-order valence-corrected chi connectivity index (χ2v) is 9.44. The van der Waals surface area contributed by atoms with Crippen LogP contribution in [0.5, 0.6) is 0 Å². The normalized spacial score (nSPS) is 14.2. The number of fused-ring (bicyclic) bond motifs is 1. The van der Waals surface area contributed by atoms with E-state index in [4.69, 9.17) is 0 Å². The van der Waals surface area contributed by atoms with Crippen molar-refractivity contribution in [1.82, 2.24) is 19.7 Å². The maximum atomic E-state index is 13.1. The van der Waals surface area contributed by atoms with Crippen LogP contribution >= 0.6 is 0 Å². The molecule has 3 N–H and O–H groups in total. The zero-order chi connectivity index (χ0) is 25.9. The highest BCUT2D eigenvalue weighted by Gasteiger charge is 2.18. The molecular formula is C28H33N7O2. The minimum absolute atomic E-state index is 0.250. The van der Waals surface area contributed by atoms with E-state index in [1.54, 1.807) is 12.4 Å². The number of piperazine rings is 1. The number of nitrogens with one attached hydrogen (secondary N) is 3. The highest BCUT2D eigenvalue weighted by molar-refractivity contribution is 6.08. The molecule has 2 amide bonds. The summed E-state index contributed by atoms with van der Waals surface area (Å²) >= 11 is 0. The summed E-state index contributed by atoms with van der Waals surface area (Å²) in [5.74, 6) is 0.137. The van der Waals surface area contributed by atoms with Crippen LogP contribution in [0.4, 0.5) is 22.0 Å². The van der Waals surface area contributed by atoms with Crippen LogP contribution in [-0.2, 0) is 12.8 Å². The van der Waals surface area contributed by atoms with Crippen LogP contribution in [0.1, 0.15) is 35.3 Å². The standard InChI is InChI=1S/C28H33N7O2/c1-4-19-7-6-8-20(5-2)25(19)29-28(37)35-17-23-24(18-35)31-32-26(23)30-27(36)21-9-11-22(12-10-21)34-15-13-33(3)14-16-34/h6-12,17-18,31H,4-5,13-16H2,1-3H3,(H,29,37)(H,30,32,36). The molecule has 3 heterocycles. The average Bonchev–Trinajstić information content (AvgIpc) is 3.51. The number of likely N-dealkylation sites (N-methyl/N-ethyl adjacent to an activating group) is 1. The van der Waals surface area contributed by atoms with Crippen molar-refractivity contribution in [1.29, 1.82) is 0 Å². The number of carbonyl (C=O) groups is 2. The van der Waals surface area contributed by atoms with Crippen LogP contribution in [0.3, 0.4) is 0 Å². The van der Waals surface area contributed by atoms with Gasteiger partial charge in [-0.2, -0.15) is 5.10 Å². The molecule has 0 bridgehead atoms. The number of aromatic nitrogens is 3. The number of hydrogen-bond donors (Lipinski definition) is 3. The number of benzene rings is 2. The smallest absolute Gasteiger partial charge is 0.330 e. The predicted octanol–water partition coefficient (Wildman–Crippen LogP) is 4.57. The van der Waals surface area contributed by atoms with E-state index < -0.39 is 0 Å². The monoisotopic (exact) mass is 499 g/mol. The molecule has 0 saturated carbocycles.